The quantitative estimate of drug-likeness (QED) is 0.852. The summed E-state index contributed by atoms with van der Waals surface area (Å²) in [4.78, 5) is 20.2. The highest BCUT2D eigenvalue weighted by Gasteiger charge is 2.19. The van der Waals surface area contributed by atoms with E-state index in [1.165, 1.54) is 12.1 Å². The SMILES string of the molecule is CN(CC(=O)N1CCNCC1)Cc1nc(-c2ccc(F)cc2)no1.Cl. The standard InChI is InChI=1S/C16H20FN5O2.ClH/c1-21(11-15(23)22-8-6-18-7-9-22)10-14-19-16(20-24-14)12-2-4-13(17)5-3-12;/h2-5,18H,6-11H2,1H3;1H. The van der Waals surface area contributed by atoms with Crippen molar-refractivity contribution in [2.45, 2.75) is 6.54 Å². The number of amides is 1. The van der Waals surface area contributed by atoms with E-state index in [2.05, 4.69) is 15.5 Å². The smallest absolute Gasteiger partial charge is 0.241 e. The molecule has 0 saturated carbocycles. The van der Waals surface area contributed by atoms with Gasteiger partial charge < -0.3 is 14.7 Å². The highest BCUT2D eigenvalue weighted by Crippen LogP contribution is 2.16. The van der Waals surface area contributed by atoms with Gasteiger partial charge in [-0.15, -0.1) is 12.4 Å². The van der Waals surface area contributed by atoms with Crippen LogP contribution >= 0.6 is 12.4 Å². The second-order valence-corrected chi connectivity index (χ2v) is 5.82. The van der Waals surface area contributed by atoms with E-state index in [1.54, 1.807) is 12.1 Å². The first-order chi connectivity index (χ1) is 11.6. The molecule has 0 bridgehead atoms. The molecule has 1 aromatic carbocycles. The third-order valence-corrected chi connectivity index (χ3v) is 3.85. The van der Waals surface area contributed by atoms with Crippen molar-refractivity contribution in [1.29, 1.82) is 0 Å². The monoisotopic (exact) mass is 369 g/mol. The number of aromatic nitrogens is 2. The maximum atomic E-state index is 12.9. The van der Waals surface area contributed by atoms with Gasteiger partial charge in [-0.25, -0.2) is 4.39 Å². The van der Waals surface area contributed by atoms with Crippen molar-refractivity contribution >= 4 is 18.3 Å². The van der Waals surface area contributed by atoms with Gasteiger partial charge in [-0.2, -0.15) is 4.98 Å². The zero-order valence-corrected chi connectivity index (χ0v) is 14.8. The van der Waals surface area contributed by atoms with Gasteiger partial charge in [-0.3, -0.25) is 9.69 Å². The Labute approximate surface area is 151 Å². The van der Waals surface area contributed by atoms with Crippen LogP contribution in [0, 0.1) is 5.82 Å². The molecule has 0 aliphatic carbocycles. The molecule has 7 nitrogen and oxygen atoms in total. The van der Waals surface area contributed by atoms with Crippen LogP contribution in [0.4, 0.5) is 4.39 Å². The molecule has 0 radical (unpaired) electrons. The fraction of sp³-hybridized carbons (Fsp3) is 0.438. The van der Waals surface area contributed by atoms with Gasteiger partial charge in [-0.1, -0.05) is 5.16 Å². The molecule has 2 aromatic rings. The number of carbonyl (C=O) groups excluding carboxylic acids is 1. The number of hydrogen-bond donors (Lipinski definition) is 1. The predicted octanol–water partition coefficient (Wildman–Crippen LogP) is 1.16. The van der Waals surface area contributed by atoms with Crippen molar-refractivity contribution < 1.29 is 13.7 Å². The van der Waals surface area contributed by atoms with E-state index >= 15 is 0 Å². The summed E-state index contributed by atoms with van der Waals surface area (Å²) >= 11 is 0. The highest BCUT2D eigenvalue weighted by molar-refractivity contribution is 5.85. The summed E-state index contributed by atoms with van der Waals surface area (Å²) in [5.41, 5.74) is 0.686. The van der Waals surface area contributed by atoms with Gasteiger partial charge >= 0.3 is 0 Å². The van der Waals surface area contributed by atoms with E-state index in [4.69, 9.17) is 4.52 Å². The zero-order valence-electron chi connectivity index (χ0n) is 13.9. The molecule has 25 heavy (non-hydrogen) atoms. The van der Waals surface area contributed by atoms with Crippen molar-refractivity contribution in [1.82, 2.24) is 25.3 Å². The van der Waals surface area contributed by atoms with E-state index in [1.807, 2.05) is 16.8 Å². The molecule has 1 saturated heterocycles. The van der Waals surface area contributed by atoms with Crippen molar-refractivity contribution in [3.8, 4) is 11.4 Å². The number of nitrogens with zero attached hydrogens (tertiary/aromatic N) is 4. The van der Waals surface area contributed by atoms with Crippen LogP contribution in [-0.4, -0.2) is 65.6 Å². The summed E-state index contributed by atoms with van der Waals surface area (Å²) in [7, 11) is 1.84. The van der Waals surface area contributed by atoms with Crippen LogP contribution in [-0.2, 0) is 11.3 Å². The first kappa shape index (κ1) is 19.3. The van der Waals surface area contributed by atoms with Crippen molar-refractivity contribution in [3.63, 3.8) is 0 Å². The van der Waals surface area contributed by atoms with Crippen LogP contribution < -0.4 is 5.32 Å². The Morgan fingerprint density at radius 3 is 2.68 bits per heavy atom. The summed E-state index contributed by atoms with van der Waals surface area (Å²) in [5.74, 6) is 0.614. The summed E-state index contributed by atoms with van der Waals surface area (Å²) in [6, 6.07) is 5.90. The topological polar surface area (TPSA) is 74.5 Å². The molecule has 2 heterocycles. The Kier molecular flexibility index (Phi) is 6.86. The number of carbonyl (C=O) groups is 1. The molecule has 1 amide bonds. The average molecular weight is 370 g/mol. The number of hydrogen-bond acceptors (Lipinski definition) is 6. The lowest BCUT2D eigenvalue weighted by atomic mass is 10.2. The second-order valence-electron chi connectivity index (χ2n) is 5.82. The molecular formula is C16H21ClFN5O2. The molecule has 1 N–H and O–H groups in total. The third kappa shape index (κ3) is 5.22. The van der Waals surface area contributed by atoms with Crippen LogP contribution in [0.15, 0.2) is 28.8 Å². The van der Waals surface area contributed by atoms with Crippen molar-refractivity contribution in [3.05, 3.63) is 36.0 Å². The highest BCUT2D eigenvalue weighted by atomic mass is 35.5. The second kappa shape index (κ2) is 8.89. The molecule has 3 rings (SSSR count). The van der Waals surface area contributed by atoms with Crippen molar-refractivity contribution in [2.24, 2.45) is 0 Å². The lowest BCUT2D eigenvalue weighted by Crippen LogP contribution is -2.49. The van der Waals surface area contributed by atoms with Crippen LogP contribution in [0.5, 0.6) is 0 Å². The molecule has 9 heteroatoms. The minimum atomic E-state index is -0.311. The first-order valence-corrected chi connectivity index (χ1v) is 7.87. The maximum Gasteiger partial charge on any atom is 0.241 e. The summed E-state index contributed by atoms with van der Waals surface area (Å²) in [6.45, 7) is 3.82. The Bertz CT molecular complexity index is 688. The first-order valence-electron chi connectivity index (χ1n) is 7.87. The molecule has 1 fully saturated rings. The summed E-state index contributed by atoms with van der Waals surface area (Å²) < 4.78 is 18.2. The van der Waals surface area contributed by atoms with Gasteiger partial charge in [-0.05, 0) is 31.3 Å². The number of rotatable bonds is 5. The summed E-state index contributed by atoms with van der Waals surface area (Å²) in [5, 5.41) is 7.12. The van der Waals surface area contributed by atoms with E-state index < -0.39 is 0 Å². The molecule has 1 aliphatic heterocycles. The largest absolute Gasteiger partial charge is 0.339 e. The molecule has 0 atom stereocenters. The molecule has 0 spiro atoms. The molecule has 1 aromatic heterocycles. The van der Waals surface area contributed by atoms with Crippen LogP contribution in [0.2, 0.25) is 0 Å². The van der Waals surface area contributed by atoms with Gasteiger partial charge in [0.25, 0.3) is 0 Å². The minimum Gasteiger partial charge on any atom is -0.339 e. The van der Waals surface area contributed by atoms with Gasteiger partial charge in [0.1, 0.15) is 5.82 Å². The Balaban J connectivity index is 0.00000225. The summed E-state index contributed by atoms with van der Waals surface area (Å²) in [6.07, 6.45) is 0. The number of piperazine rings is 1. The van der Waals surface area contributed by atoms with Crippen LogP contribution in [0.25, 0.3) is 11.4 Å². The molecule has 136 valence electrons. The van der Waals surface area contributed by atoms with Gasteiger partial charge in [0.2, 0.25) is 17.6 Å². The average Bonchev–Trinajstić information content (AvgIpc) is 3.04. The number of likely N-dealkylation sites (N-methyl/N-ethyl adjacent to an activating group) is 1. The molecular weight excluding hydrogens is 349 g/mol. The van der Waals surface area contributed by atoms with Crippen molar-refractivity contribution in [2.75, 3.05) is 39.8 Å². The van der Waals surface area contributed by atoms with Crippen LogP contribution in [0.3, 0.4) is 0 Å². The maximum absolute atomic E-state index is 12.9. The fourth-order valence-corrected chi connectivity index (χ4v) is 2.57. The van der Waals surface area contributed by atoms with Crippen LogP contribution in [0.1, 0.15) is 5.89 Å². The third-order valence-electron chi connectivity index (χ3n) is 3.85. The van der Waals surface area contributed by atoms with E-state index in [0.717, 1.165) is 26.2 Å². The number of halogens is 2. The fourth-order valence-electron chi connectivity index (χ4n) is 2.57. The Morgan fingerprint density at radius 1 is 1.32 bits per heavy atom. The molecule has 0 unspecified atom stereocenters. The zero-order chi connectivity index (χ0) is 16.9. The minimum absolute atomic E-state index is 0. The van der Waals surface area contributed by atoms with E-state index in [0.29, 0.717) is 30.4 Å². The molecule has 1 aliphatic rings. The van der Waals surface area contributed by atoms with Gasteiger partial charge in [0, 0.05) is 31.7 Å². The Morgan fingerprint density at radius 2 is 2.00 bits per heavy atom. The lowest BCUT2D eigenvalue weighted by Gasteiger charge is -2.28. The number of benzene rings is 1. The lowest BCUT2D eigenvalue weighted by molar-refractivity contribution is -0.132. The normalized spacial score (nSPS) is 14.4. The van der Waals surface area contributed by atoms with E-state index in [9.17, 15) is 9.18 Å². The predicted molar refractivity (Wildman–Crippen MR) is 92.7 cm³/mol. The van der Waals surface area contributed by atoms with E-state index in [-0.39, 0.29) is 24.1 Å². The van der Waals surface area contributed by atoms with Gasteiger partial charge in [0.05, 0.1) is 13.1 Å². The van der Waals surface area contributed by atoms with Gasteiger partial charge in [0.15, 0.2) is 0 Å². The Hall–Kier alpha value is -2.03. The number of nitrogens with one attached hydrogen (secondary N) is 1.